The Morgan fingerprint density at radius 3 is 2.30 bits per heavy atom. The summed E-state index contributed by atoms with van der Waals surface area (Å²) < 4.78 is 47.5. The number of pyridine rings is 1. The van der Waals surface area contributed by atoms with Crippen LogP contribution in [0.15, 0.2) is 77.9 Å². The van der Waals surface area contributed by atoms with Gasteiger partial charge in [-0.3, -0.25) is 9.98 Å². The predicted octanol–water partition coefficient (Wildman–Crippen LogP) is 5.04. The summed E-state index contributed by atoms with van der Waals surface area (Å²) in [5.74, 6) is 0.926. The first-order valence-corrected chi connectivity index (χ1v) is 9.83. The minimum Gasteiger partial charge on any atom is -0.487 e. The number of ether oxygens (including phenoxy) is 2. The molecule has 0 saturated heterocycles. The van der Waals surface area contributed by atoms with E-state index in [0.29, 0.717) is 24.7 Å². The Bertz CT molecular complexity index is 1020. The van der Waals surface area contributed by atoms with Crippen LogP contribution in [0.4, 0.5) is 13.2 Å². The van der Waals surface area contributed by atoms with E-state index in [4.69, 9.17) is 4.74 Å². The molecule has 3 aromatic rings. The lowest BCUT2D eigenvalue weighted by Crippen LogP contribution is -2.36. The van der Waals surface area contributed by atoms with Crippen molar-refractivity contribution in [2.24, 2.45) is 4.99 Å². The highest BCUT2D eigenvalue weighted by molar-refractivity contribution is 14.0. The fourth-order valence-corrected chi connectivity index (χ4v) is 2.80. The standard InChI is InChI=1S/C23H23F3N4O2.HI/c1-27-22(30-15-18-6-2-3-8-21(18)32-23(24,25)26)29-14-17-9-11-20(12-10-17)31-16-19-7-4-5-13-28-19;/h2-13H,14-16H2,1H3,(H2,27,29,30);1H. The number of nitrogens with zero attached hydrogens (tertiary/aromatic N) is 2. The monoisotopic (exact) mass is 572 g/mol. The van der Waals surface area contributed by atoms with Crippen molar-refractivity contribution in [3.8, 4) is 11.5 Å². The number of nitrogens with one attached hydrogen (secondary N) is 2. The van der Waals surface area contributed by atoms with Gasteiger partial charge in [0.05, 0.1) is 5.69 Å². The first-order valence-electron chi connectivity index (χ1n) is 9.83. The number of aliphatic imine (C=N–C) groups is 1. The Kier molecular flexibility index (Phi) is 10.2. The SMILES string of the molecule is CN=C(NCc1ccc(OCc2ccccn2)cc1)NCc1ccccc1OC(F)(F)F.I. The maximum absolute atomic E-state index is 12.6. The fraction of sp³-hybridized carbons (Fsp3) is 0.217. The molecule has 0 radical (unpaired) electrons. The summed E-state index contributed by atoms with van der Waals surface area (Å²) in [6, 6.07) is 19.2. The normalized spacial score (nSPS) is 11.3. The van der Waals surface area contributed by atoms with Crippen LogP contribution in [0.2, 0.25) is 0 Å². The van der Waals surface area contributed by atoms with Crippen molar-refractivity contribution < 1.29 is 22.6 Å². The molecule has 1 aromatic heterocycles. The minimum absolute atomic E-state index is 0. The van der Waals surface area contributed by atoms with E-state index in [2.05, 4.69) is 25.3 Å². The van der Waals surface area contributed by atoms with Crippen molar-refractivity contribution in [2.45, 2.75) is 26.1 Å². The molecule has 0 amide bonds. The molecule has 2 N–H and O–H groups in total. The van der Waals surface area contributed by atoms with Crippen LogP contribution < -0.4 is 20.1 Å². The molecule has 0 aliphatic heterocycles. The number of hydrogen-bond donors (Lipinski definition) is 2. The summed E-state index contributed by atoms with van der Waals surface area (Å²) in [4.78, 5) is 8.32. The quantitative estimate of drug-likeness (QED) is 0.225. The fourth-order valence-electron chi connectivity index (χ4n) is 2.80. The molecule has 33 heavy (non-hydrogen) atoms. The lowest BCUT2D eigenvalue weighted by molar-refractivity contribution is -0.274. The molecular formula is C23H24F3IN4O2. The first-order chi connectivity index (χ1) is 15.4. The summed E-state index contributed by atoms with van der Waals surface area (Å²) in [6.07, 6.45) is -3.03. The van der Waals surface area contributed by atoms with Gasteiger partial charge in [0.2, 0.25) is 0 Å². The molecule has 0 aliphatic rings. The number of benzene rings is 2. The van der Waals surface area contributed by atoms with E-state index in [9.17, 15) is 13.2 Å². The number of guanidine groups is 1. The molecular weight excluding hydrogens is 548 g/mol. The molecule has 176 valence electrons. The van der Waals surface area contributed by atoms with Gasteiger partial charge in [0.25, 0.3) is 0 Å². The second kappa shape index (κ2) is 12.9. The van der Waals surface area contributed by atoms with Gasteiger partial charge >= 0.3 is 6.36 Å². The molecule has 0 bridgehead atoms. The smallest absolute Gasteiger partial charge is 0.487 e. The van der Waals surface area contributed by atoms with Crippen LogP contribution >= 0.6 is 24.0 Å². The van der Waals surface area contributed by atoms with Gasteiger partial charge < -0.3 is 20.1 Å². The van der Waals surface area contributed by atoms with Crippen molar-refractivity contribution in [3.63, 3.8) is 0 Å². The number of rotatable bonds is 8. The van der Waals surface area contributed by atoms with E-state index >= 15 is 0 Å². The number of hydrogen-bond acceptors (Lipinski definition) is 4. The molecule has 0 fully saturated rings. The largest absolute Gasteiger partial charge is 0.573 e. The Balaban J connectivity index is 0.00000385. The molecule has 0 saturated carbocycles. The van der Waals surface area contributed by atoms with Crippen molar-refractivity contribution in [2.75, 3.05) is 7.05 Å². The van der Waals surface area contributed by atoms with Crippen LogP contribution in [0.1, 0.15) is 16.8 Å². The third kappa shape index (κ3) is 9.16. The van der Waals surface area contributed by atoms with Crippen molar-refractivity contribution in [1.29, 1.82) is 0 Å². The Labute approximate surface area is 207 Å². The first kappa shape index (κ1) is 26.2. The molecule has 0 unspecified atom stereocenters. The Hall–Kier alpha value is -3.02. The number of aromatic nitrogens is 1. The van der Waals surface area contributed by atoms with E-state index in [1.165, 1.54) is 12.1 Å². The molecule has 0 aliphatic carbocycles. The Morgan fingerprint density at radius 2 is 1.64 bits per heavy atom. The summed E-state index contributed by atoms with van der Waals surface area (Å²) in [7, 11) is 1.59. The topological polar surface area (TPSA) is 67.8 Å². The third-order valence-electron chi connectivity index (χ3n) is 4.36. The van der Waals surface area contributed by atoms with Crippen LogP contribution in [0.25, 0.3) is 0 Å². The van der Waals surface area contributed by atoms with Gasteiger partial charge in [0.1, 0.15) is 18.1 Å². The molecule has 0 spiro atoms. The van der Waals surface area contributed by atoms with Crippen LogP contribution in [0.5, 0.6) is 11.5 Å². The van der Waals surface area contributed by atoms with Gasteiger partial charge in [0.15, 0.2) is 5.96 Å². The van der Waals surface area contributed by atoms with E-state index in [1.807, 2.05) is 42.5 Å². The molecule has 6 nitrogen and oxygen atoms in total. The van der Waals surface area contributed by atoms with E-state index in [0.717, 1.165) is 17.0 Å². The Morgan fingerprint density at radius 1 is 0.939 bits per heavy atom. The lowest BCUT2D eigenvalue weighted by Gasteiger charge is -2.15. The van der Waals surface area contributed by atoms with E-state index < -0.39 is 6.36 Å². The van der Waals surface area contributed by atoms with E-state index in [1.54, 1.807) is 25.4 Å². The zero-order valence-electron chi connectivity index (χ0n) is 17.8. The summed E-state index contributed by atoms with van der Waals surface area (Å²) in [6.45, 7) is 0.974. The molecule has 1 heterocycles. The van der Waals surface area contributed by atoms with Gasteiger partial charge in [-0.1, -0.05) is 36.4 Å². The van der Waals surface area contributed by atoms with Crippen LogP contribution in [-0.2, 0) is 19.7 Å². The zero-order valence-corrected chi connectivity index (χ0v) is 20.1. The average molecular weight is 572 g/mol. The maximum Gasteiger partial charge on any atom is 0.573 e. The number of alkyl halides is 3. The molecule has 3 rings (SSSR count). The maximum atomic E-state index is 12.6. The van der Waals surface area contributed by atoms with Gasteiger partial charge in [-0.25, -0.2) is 0 Å². The molecule has 0 atom stereocenters. The highest BCUT2D eigenvalue weighted by atomic mass is 127. The lowest BCUT2D eigenvalue weighted by atomic mass is 10.2. The van der Waals surface area contributed by atoms with Crippen LogP contribution in [-0.4, -0.2) is 24.4 Å². The predicted molar refractivity (Wildman–Crippen MR) is 131 cm³/mol. The third-order valence-corrected chi connectivity index (χ3v) is 4.36. The average Bonchev–Trinajstić information content (AvgIpc) is 2.79. The zero-order chi connectivity index (χ0) is 22.8. The van der Waals surface area contributed by atoms with Crippen molar-refractivity contribution in [3.05, 3.63) is 89.7 Å². The number of para-hydroxylation sites is 1. The molecule has 2 aromatic carbocycles. The highest BCUT2D eigenvalue weighted by Gasteiger charge is 2.31. The summed E-state index contributed by atoms with van der Waals surface area (Å²) in [5, 5.41) is 6.12. The second-order valence-electron chi connectivity index (χ2n) is 6.69. The highest BCUT2D eigenvalue weighted by Crippen LogP contribution is 2.26. The minimum atomic E-state index is -4.75. The van der Waals surface area contributed by atoms with Crippen molar-refractivity contribution in [1.82, 2.24) is 15.6 Å². The van der Waals surface area contributed by atoms with Gasteiger partial charge in [-0.15, -0.1) is 37.1 Å². The number of halogens is 4. The second-order valence-corrected chi connectivity index (χ2v) is 6.69. The van der Waals surface area contributed by atoms with Crippen molar-refractivity contribution >= 4 is 29.9 Å². The summed E-state index contributed by atoms with van der Waals surface area (Å²) in [5.41, 5.74) is 2.19. The van der Waals surface area contributed by atoms with Gasteiger partial charge in [-0.2, -0.15) is 0 Å². The van der Waals surface area contributed by atoms with E-state index in [-0.39, 0.29) is 36.3 Å². The molecule has 10 heteroatoms. The summed E-state index contributed by atoms with van der Waals surface area (Å²) >= 11 is 0. The van der Waals surface area contributed by atoms with Crippen LogP contribution in [0.3, 0.4) is 0 Å². The van der Waals surface area contributed by atoms with Gasteiger partial charge in [0, 0.05) is 31.9 Å². The van der Waals surface area contributed by atoms with Gasteiger partial charge in [-0.05, 0) is 35.9 Å². The van der Waals surface area contributed by atoms with Crippen LogP contribution in [0, 0.1) is 0 Å².